The molecule has 0 aliphatic heterocycles. The van der Waals surface area contributed by atoms with E-state index in [1.165, 1.54) is 15.4 Å². The van der Waals surface area contributed by atoms with Crippen LogP contribution in [0.2, 0.25) is 0 Å². The van der Waals surface area contributed by atoms with Gasteiger partial charge in [0.1, 0.15) is 6.33 Å². The first kappa shape index (κ1) is 16.6. The van der Waals surface area contributed by atoms with Gasteiger partial charge < -0.3 is 4.74 Å². The average Bonchev–Trinajstić information content (AvgIpc) is 2.69. The van der Waals surface area contributed by atoms with E-state index in [1.807, 2.05) is 30.3 Å². The Morgan fingerprint density at radius 3 is 2.50 bits per heavy atom. The number of rotatable bonds is 6. The van der Waals surface area contributed by atoms with E-state index in [2.05, 4.69) is 58.5 Å². The maximum atomic E-state index is 5.92. The summed E-state index contributed by atoms with van der Waals surface area (Å²) in [5, 5.41) is 0.948. The summed E-state index contributed by atoms with van der Waals surface area (Å²) in [5.41, 5.74) is 2.16. The van der Waals surface area contributed by atoms with Gasteiger partial charge >= 0.3 is 0 Å². The van der Waals surface area contributed by atoms with E-state index in [0.717, 1.165) is 17.3 Å². The molecule has 0 aliphatic carbocycles. The third kappa shape index (κ3) is 4.03. The van der Waals surface area contributed by atoms with E-state index in [0.29, 0.717) is 12.5 Å². The van der Waals surface area contributed by atoms with E-state index < -0.39 is 0 Å². The molecule has 0 bridgehead atoms. The molecule has 0 atom stereocenters. The molecule has 3 aromatic carbocycles. The fraction of sp³-hybridized carbons (Fsp3) is 0.0909. The van der Waals surface area contributed by atoms with Crippen molar-refractivity contribution in [3.05, 3.63) is 90.8 Å². The molecule has 3 nitrogen and oxygen atoms in total. The number of fused-ring (bicyclic) bond motifs is 1. The van der Waals surface area contributed by atoms with Gasteiger partial charge in [-0.15, -0.1) is 0 Å². The summed E-state index contributed by atoms with van der Waals surface area (Å²) in [6.45, 7) is 0.584. The van der Waals surface area contributed by atoms with Crippen LogP contribution >= 0.6 is 11.8 Å². The van der Waals surface area contributed by atoms with Gasteiger partial charge in [0.05, 0.1) is 17.5 Å². The highest BCUT2D eigenvalue weighted by Crippen LogP contribution is 2.28. The van der Waals surface area contributed by atoms with Crippen molar-refractivity contribution >= 4 is 22.7 Å². The molecule has 1 aromatic heterocycles. The van der Waals surface area contributed by atoms with Crippen LogP contribution < -0.4 is 4.74 Å². The molecule has 26 heavy (non-hydrogen) atoms. The normalized spacial score (nSPS) is 10.8. The lowest BCUT2D eigenvalue weighted by atomic mass is 10.2. The van der Waals surface area contributed by atoms with Gasteiger partial charge in [0.25, 0.3) is 0 Å². The summed E-state index contributed by atoms with van der Waals surface area (Å²) in [6.07, 6.45) is 2.39. The van der Waals surface area contributed by atoms with Gasteiger partial charge in [-0.25, -0.2) is 9.97 Å². The van der Waals surface area contributed by atoms with Crippen molar-refractivity contribution in [3.63, 3.8) is 0 Å². The van der Waals surface area contributed by atoms with Crippen molar-refractivity contribution in [2.24, 2.45) is 0 Å². The predicted molar refractivity (Wildman–Crippen MR) is 106 cm³/mol. The third-order valence-corrected chi connectivity index (χ3v) is 5.01. The van der Waals surface area contributed by atoms with E-state index in [4.69, 9.17) is 4.74 Å². The van der Waals surface area contributed by atoms with Crippen LogP contribution in [0, 0.1) is 0 Å². The molecule has 0 radical (unpaired) electrons. The Morgan fingerprint density at radius 1 is 0.769 bits per heavy atom. The van der Waals surface area contributed by atoms with Crippen LogP contribution in [0.5, 0.6) is 5.88 Å². The largest absolute Gasteiger partial charge is 0.477 e. The maximum Gasteiger partial charge on any atom is 0.224 e. The number of hydrogen-bond acceptors (Lipinski definition) is 4. The summed E-state index contributed by atoms with van der Waals surface area (Å²) in [6, 6.07) is 26.9. The van der Waals surface area contributed by atoms with Gasteiger partial charge in [-0.3, -0.25) is 0 Å². The predicted octanol–water partition coefficient (Wildman–Crippen LogP) is 5.40. The van der Waals surface area contributed by atoms with Crippen molar-refractivity contribution in [3.8, 4) is 5.88 Å². The number of benzene rings is 3. The Balaban J connectivity index is 1.41. The topological polar surface area (TPSA) is 35.0 Å². The Bertz CT molecular complexity index is 1000. The average molecular weight is 358 g/mol. The Hall–Kier alpha value is -2.85. The van der Waals surface area contributed by atoms with E-state index in [-0.39, 0.29) is 0 Å². The minimum absolute atomic E-state index is 0.584. The number of aromatic nitrogens is 2. The smallest absolute Gasteiger partial charge is 0.224 e. The molecule has 0 aliphatic rings. The number of hydrogen-bond donors (Lipinski definition) is 0. The van der Waals surface area contributed by atoms with Crippen molar-refractivity contribution in [1.82, 2.24) is 9.97 Å². The molecular formula is C22H18N2OS. The number of para-hydroxylation sites is 1. The van der Waals surface area contributed by atoms with Crippen LogP contribution in [-0.4, -0.2) is 16.6 Å². The van der Waals surface area contributed by atoms with Crippen LogP contribution in [0.4, 0.5) is 0 Å². The molecule has 0 saturated heterocycles. The zero-order valence-electron chi connectivity index (χ0n) is 14.2. The molecule has 0 unspecified atom stereocenters. The second-order valence-corrected chi connectivity index (χ2v) is 7.00. The minimum atomic E-state index is 0.584. The standard InChI is InChI=1S/C22H18N2OS/c1-2-8-18(9-3-1)26-19-10-6-7-17(15-19)13-14-25-22-20-11-4-5-12-21(20)23-16-24-22/h1-12,15-16H,13-14H2. The van der Waals surface area contributed by atoms with Crippen molar-refractivity contribution in [1.29, 1.82) is 0 Å². The molecular weight excluding hydrogens is 340 g/mol. The van der Waals surface area contributed by atoms with Gasteiger partial charge in [0.2, 0.25) is 5.88 Å². The van der Waals surface area contributed by atoms with Gasteiger partial charge in [-0.05, 0) is 42.0 Å². The first-order valence-corrected chi connectivity index (χ1v) is 9.34. The monoisotopic (exact) mass is 358 g/mol. The van der Waals surface area contributed by atoms with Crippen molar-refractivity contribution in [2.75, 3.05) is 6.61 Å². The summed E-state index contributed by atoms with van der Waals surface area (Å²) < 4.78 is 5.92. The maximum absolute atomic E-state index is 5.92. The number of nitrogens with zero attached hydrogens (tertiary/aromatic N) is 2. The van der Waals surface area contributed by atoms with Crippen LogP contribution in [0.1, 0.15) is 5.56 Å². The first-order valence-electron chi connectivity index (χ1n) is 8.53. The molecule has 0 spiro atoms. The molecule has 4 heteroatoms. The zero-order valence-corrected chi connectivity index (χ0v) is 15.0. The lowest BCUT2D eigenvalue weighted by Gasteiger charge is -2.09. The second-order valence-electron chi connectivity index (χ2n) is 5.86. The quantitative estimate of drug-likeness (QED) is 0.462. The zero-order chi connectivity index (χ0) is 17.6. The Morgan fingerprint density at radius 2 is 1.58 bits per heavy atom. The lowest BCUT2D eigenvalue weighted by Crippen LogP contribution is -2.03. The Kier molecular flexibility index (Phi) is 5.12. The fourth-order valence-electron chi connectivity index (χ4n) is 2.75. The Labute approximate surface area is 157 Å². The molecule has 128 valence electrons. The van der Waals surface area contributed by atoms with Gasteiger partial charge in [-0.1, -0.05) is 54.2 Å². The van der Waals surface area contributed by atoms with Gasteiger partial charge in [-0.2, -0.15) is 0 Å². The SMILES string of the molecule is c1ccc(Sc2cccc(CCOc3ncnc4ccccc34)c2)cc1. The van der Waals surface area contributed by atoms with Crippen LogP contribution in [0.15, 0.2) is 95.0 Å². The summed E-state index contributed by atoms with van der Waals surface area (Å²) in [4.78, 5) is 11.0. The van der Waals surface area contributed by atoms with E-state index >= 15 is 0 Å². The highest BCUT2D eigenvalue weighted by Gasteiger charge is 2.05. The molecule has 1 heterocycles. The highest BCUT2D eigenvalue weighted by molar-refractivity contribution is 7.99. The van der Waals surface area contributed by atoms with E-state index in [1.54, 1.807) is 18.1 Å². The molecule has 0 N–H and O–H groups in total. The second kappa shape index (κ2) is 8.02. The van der Waals surface area contributed by atoms with Gasteiger partial charge in [0.15, 0.2) is 0 Å². The summed E-state index contributed by atoms with van der Waals surface area (Å²) >= 11 is 1.77. The fourth-order valence-corrected chi connectivity index (χ4v) is 3.67. The van der Waals surface area contributed by atoms with Crippen LogP contribution in [-0.2, 0) is 6.42 Å². The minimum Gasteiger partial charge on any atom is -0.477 e. The molecule has 0 fully saturated rings. The molecule has 4 rings (SSSR count). The lowest BCUT2D eigenvalue weighted by molar-refractivity contribution is 0.313. The molecule has 0 amide bonds. The van der Waals surface area contributed by atoms with Gasteiger partial charge in [0, 0.05) is 16.2 Å². The molecule has 0 saturated carbocycles. The third-order valence-electron chi connectivity index (χ3n) is 4.01. The molecule has 4 aromatic rings. The van der Waals surface area contributed by atoms with Crippen molar-refractivity contribution < 1.29 is 4.74 Å². The first-order chi connectivity index (χ1) is 12.9. The summed E-state index contributed by atoms with van der Waals surface area (Å²) in [5.74, 6) is 0.644. The highest BCUT2D eigenvalue weighted by atomic mass is 32.2. The van der Waals surface area contributed by atoms with Crippen LogP contribution in [0.3, 0.4) is 0 Å². The summed E-state index contributed by atoms with van der Waals surface area (Å²) in [7, 11) is 0. The number of ether oxygens (including phenoxy) is 1. The van der Waals surface area contributed by atoms with Crippen LogP contribution in [0.25, 0.3) is 10.9 Å². The van der Waals surface area contributed by atoms with E-state index in [9.17, 15) is 0 Å². The van der Waals surface area contributed by atoms with Crippen molar-refractivity contribution in [2.45, 2.75) is 16.2 Å².